The second-order valence-corrected chi connectivity index (χ2v) is 9.65. The van der Waals surface area contributed by atoms with Crippen molar-refractivity contribution in [2.75, 3.05) is 29.9 Å². The lowest BCUT2D eigenvalue weighted by Gasteiger charge is -2.24. The Kier molecular flexibility index (Phi) is 4.49. The number of benzene rings is 1. The molecule has 7 nitrogen and oxygen atoms in total. The maximum atomic E-state index is 13.4. The van der Waals surface area contributed by atoms with E-state index < -0.39 is 27.6 Å². The summed E-state index contributed by atoms with van der Waals surface area (Å²) in [5, 5.41) is 3.05. The summed E-state index contributed by atoms with van der Waals surface area (Å²) < 4.78 is 37.8. The maximum Gasteiger partial charge on any atom is 0.228 e. The molecule has 1 unspecified atom stereocenters. The molecule has 3 atom stereocenters. The predicted molar refractivity (Wildman–Crippen MR) is 99.4 cm³/mol. The fraction of sp³-hybridized carbons (Fsp3) is 0.500. The van der Waals surface area contributed by atoms with E-state index in [2.05, 4.69) is 22.2 Å². The number of sulfone groups is 1. The molecule has 1 aromatic heterocycles. The molecular weight excluding hydrogens is 371 g/mol. The van der Waals surface area contributed by atoms with Gasteiger partial charge in [-0.3, -0.25) is 9.78 Å². The molecule has 3 heterocycles. The average molecular weight is 392 g/mol. The number of anilines is 1. The number of likely N-dealkylation sites (tertiary alicyclic amines) is 1. The van der Waals surface area contributed by atoms with Crippen LogP contribution in [0.15, 0.2) is 24.4 Å². The van der Waals surface area contributed by atoms with Crippen molar-refractivity contribution in [1.29, 1.82) is 0 Å². The Morgan fingerprint density at radius 3 is 2.85 bits per heavy atom. The van der Waals surface area contributed by atoms with Gasteiger partial charge in [-0.15, -0.1) is 0 Å². The molecule has 0 saturated carbocycles. The molecule has 0 spiro atoms. The summed E-state index contributed by atoms with van der Waals surface area (Å²) >= 11 is 0. The summed E-state index contributed by atoms with van der Waals surface area (Å²) in [6.45, 7) is 3.41. The van der Waals surface area contributed by atoms with Gasteiger partial charge in [-0.05, 0) is 24.5 Å². The van der Waals surface area contributed by atoms with Gasteiger partial charge in [0, 0.05) is 19.2 Å². The molecule has 2 fully saturated rings. The van der Waals surface area contributed by atoms with Crippen molar-refractivity contribution in [2.45, 2.75) is 19.4 Å². The summed E-state index contributed by atoms with van der Waals surface area (Å²) in [4.78, 5) is 23.2. The lowest BCUT2D eigenvalue weighted by Crippen LogP contribution is -2.42. The molecule has 2 aliphatic rings. The van der Waals surface area contributed by atoms with Crippen LogP contribution in [0.25, 0.3) is 11.0 Å². The largest absolute Gasteiger partial charge is 0.364 e. The minimum atomic E-state index is -3.32. The van der Waals surface area contributed by atoms with Gasteiger partial charge in [0.25, 0.3) is 0 Å². The Balaban J connectivity index is 1.58. The van der Waals surface area contributed by atoms with Gasteiger partial charge in [-0.25, -0.2) is 17.8 Å². The first-order valence-corrected chi connectivity index (χ1v) is 10.8. The first-order valence-electron chi connectivity index (χ1n) is 8.99. The zero-order valence-electron chi connectivity index (χ0n) is 14.9. The zero-order valence-corrected chi connectivity index (χ0v) is 15.7. The van der Waals surface area contributed by atoms with Crippen molar-refractivity contribution >= 4 is 32.6 Å². The smallest absolute Gasteiger partial charge is 0.228 e. The average Bonchev–Trinajstić information content (AvgIpc) is 3.16. The number of amides is 1. The van der Waals surface area contributed by atoms with Crippen molar-refractivity contribution in [3.63, 3.8) is 0 Å². The quantitative estimate of drug-likeness (QED) is 0.850. The van der Waals surface area contributed by atoms with Gasteiger partial charge in [0.05, 0.1) is 40.7 Å². The zero-order chi connectivity index (χ0) is 19.2. The highest BCUT2D eigenvalue weighted by atomic mass is 32.2. The van der Waals surface area contributed by atoms with Crippen molar-refractivity contribution in [3.05, 3.63) is 30.2 Å². The lowest BCUT2D eigenvalue weighted by atomic mass is 10.0. The van der Waals surface area contributed by atoms with Gasteiger partial charge >= 0.3 is 0 Å². The van der Waals surface area contributed by atoms with Crippen molar-refractivity contribution in [1.82, 2.24) is 14.9 Å². The number of carbonyl (C=O) groups excluding carboxylic acids is 1. The van der Waals surface area contributed by atoms with Gasteiger partial charge in [0.15, 0.2) is 9.84 Å². The highest BCUT2D eigenvalue weighted by molar-refractivity contribution is 7.91. The molecule has 2 aromatic rings. The number of nitrogens with one attached hydrogen (secondary N) is 1. The Morgan fingerprint density at radius 2 is 2.11 bits per heavy atom. The van der Waals surface area contributed by atoms with Crippen LogP contribution in [0.5, 0.6) is 0 Å². The number of hydrogen-bond acceptors (Lipinski definition) is 6. The van der Waals surface area contributed by atoms with E-state index in [9.17, 15) is 17.6 Å². The van der Waals surface area contributed by atoms with Gasteiger partial charge in [-0.1, -0.05) is 6.92 Å². The lowest BCUT2D eigenvalue weighted by molar-refractivity contribution is -0.134. The molecule has 0 aliphatic carbocycles. The summed E-state index contributed by atoms with van der Waals surface area (Å²) in [5.41, 5.74) is 0.914. The van der Waals surface area contributed by atoms with Crippen molar-refractivity contribution < 1.29 is 17.6 Å². The van der Waals surface area contributed by atoms with E-state index in [1.165, 1.54) is 24.4 Å². The van der Waals surface area contributed by atoms with E-state index in [1.54, 1.807) is 4.90 Å². The van der Waals surface area contributed by atoms with E-state index >= 15 is 0 Å². The SMILES string of the molecule is CC1CCN(C(=O)[C@@H]2CS(=O)(=O)C[C@H]2Nc2cnc3ccc(F)cc3n2)C1. The van der Waals surface area contributed by atoms with Crippen LogP contribution in [0, 0.1) is 17.7 Å². The van der Waals surface area contributed by atoms with Crippen LogP contribution < -0.4 is 5.32 Å². The molecule has 1 N–H and O–H groups in total. The van der Waals surface area contributed by atoms with E-state index in [1.807, 2.05) is 0 Å². The molecule has 0 radical (unpaired) electrons. The molecule has 144 valence electrons. The fourth-order valence-electron chi connectivity index (χ4n) is 3.85. The first kappa shape index (κ1) is 18.1. The standard InChI is InChI=1S/C18H21FN4O3S/c1-11-4-5-23(8-11)18(24)13-9-27(25,26)10-16(13)22-17-7-20-14-3-2-12(19)6-15(14)21-17/h2-3,6-7,11,13,16H,4-5,8-10H2,1H3,(H,21,22)/t11?,13-,16-/m1/s1. The van der Waals surface area contributed by atoms with Crippen LogP contribution in [0.4, 0.5) is 10.2 Å². The summed E-state index contributed by atoms with van der Waals surface area (Å²) in [6, 6.07) is 3.54. The molecule has 2 saturated heterocycles. The monoisotopic (exact) mass is 392 g/mol. The van der Waals surface area contributed by atoms with Crippen LogP contribution >= 0.6 is 0 Å². The number of aromatic nitrogens is 2. The van der Waals surface area contributed by atoms with Gasteiger partial charge in [-0.2, -0.15) is 0 Å². The molecular formula is C18H21FN4O3S. The minimum Gasteiger partial charge on any atom is -0.364 e. The molecule has 4 rings (SSSR count). The van der Waals surface area contributed by atoms with Crippen LogP contribution in [0.2, 0.25) is 0 Å². The van der Waals surface area contributed by atoms with Crippen molar-refractivity contribution in [3.8, 4) is 0 Å². The molecule has 27 heavy (non-hydrogen) atoms. The van der Waals surface area contributed by atoms with Crippen LogP contribution in [-0.2, 0) is 14.6 Å². The second-order valence-electron chi connectivity index (χ2n) is 7.50. The van der Waals surface area contributed by atoms with Crippen molar-refractivity contribution in [2.24, 2.45) is 11.8 Å². The fourth-order valence-corrected chi connectivity index (χ4v) is 5.77. The number of rotatable bonds is 3. The van der Waals surface area contributed by atoms with Crippen LogP contribution in [0.3, 0.4) is 0 Å². The van der Waals surface area contributed by atoms with Gasteiger partial charge in [0.1, 0.15) is 11.6 Å². The Hall–Kier alpha value is -2.29. The molecule has 1 amide bonds. The van der Waals surface area contributed by atoms with Gasteiger partial charge in [0.2, 0.25) is 5.91 Å². The minimum absolute atomic E-state index is 0.127. The Labute approximate surface area is 156 Å². The summed E-state index contributed by atoms with van der Waals surface area (Å²) in [7, 11) is -3.32. The third-order valence-electron chi connectivity index (χ3n) is 5.24. The van der Waals surface area contributed by atoms with Crippen LogP contribution in [0.1, 0.15) is 13.3 Å². The summed E-state index contributed by atoms with van der Waals surface area (Å²) in [5.74, 6) is -0.723. The molecule has 2 aliphatic heterocycles. The number of halogens is 1. The number of hydrogen-bond donors (Lipinski definition) is 1. The van der Waals surface area contributed by atoms with Crippen LogP contribution in [-0.4, -0.2) is 59.8 Å². The third-order valence-corrected chi connectivity index (χ3v) is 6.98. The number of fused-ring (bicyclic) bond motifs is 1. The topological polar surface area (TPSA) is 92.3 Å². The van der Waals surface area contributed by atoms with E-state index in [0.717, 1.165) is 6.42 Å². The Bertz CT molecular complexity index is 997. The predicted octanol–water partition coefficient (Wildman–Crippen LogP) is 1.46. The molecule has 9 heteroatoms. The highest BCUT2D eigenvalue weighted by Gasteiger charge is 2.44. The normalized spacial score (nSPS) is 27.2. The number of nitrogens with zero attached hydrogens (tertiary/aromatic N) is 3. The first-order chi connectivity index (χ1) is 12.8. The maximum absolute atomic E-state index is 13.4. The van der Waals surface area contributed by atoms with E-state index in [0.29, 0.717) is 35.9 Å². The second kappa shape index (κ2) is 6.70. The molecule has 0 bridgehead atoms. The third kappa shape index (κ3) is 3.73. The summed E-state index contributed by atoms with van der Waals surface area (Å²) in [6.07, 6.45) is 2.41. The van der Waals surface area contributed by atoms with Gasteiger partial charge < -0.3 is 10.2 Å². The highest BCUT2D eigenvalue weighted by Crippen LogP contribution is 2.27. The molecule has 1 aromatic carbocycles. The van der Waals surface area contributed by atoms with E-state index in [-0.39, 0.29) is 17.4 Å². The Morgan fingerprint density at radius 1 is 1.30 bits per heavy atom. The number of carbonyl (C=O) groups is 1. The van der Waals surface area contributed by atoms with E-state index in [4.69, 9.17) is 0 Å².